The molecular weight excluding hydrogens is 332 g/mol. The van der Waals surface area contributed by atoms with Gasteiger partial charge in [0.15, 0.2) is 10.9 Å². The summed E-state index contributed by atoms with van der Waals surface area (Å²) in [6.45, 7) is 10.8. The van der Waals surface area contributed by atoms with Crippen molar-refractivity contribution in [3.63, 3.8) is 0 Å². The first-order valence-electron chi connectivity index (χ1n) is 7.85. The van der Waals surface area contributed by atoms with Crippen LogP contribution in [0.25, 0.3) is 0 Å². The fourth-order valence-electron chi connectivity index (χ4n) is 2.57. The van der Waals surface area contributed by atoms with Gasteiger partial charge in [-0.05, 0) is 0 Å². The molecule has 0 radical (unpaired) electrons. The summed E-state index contributed by atoms with van der Waals surface area (Å²) in [6.07, 6.45) is 1.81. The quantitative estimate of drug-likeness (QED) is 0.631. The predicted octanol–water partition coefficient (Wildman–Crippen LogP) is 1.27. The molecule has 0 unspecified atom stereocenters. The summed E-state index contributed by atoms with van der Waals surface area (Å²) in [5, 5.41) is 4.25. The van der Waals surface area contributed by atoms with Gasteiger partial charge in [-0.25, -0.2) is 4.98 Å². The van der Waals surface area contributed by atoms with E-state index in [9.17, 15) is 0 Å². The molecule has 2 aliphatic rings. The van der Waals surface area contributed by atoms with Crippen molar-refractivity contribution in [2.75, 3.05) is 69.0 Å². The van der Waals surface area contributed by atoms with E-state index in [1.807, 2.05) is 6.08 Å². The van der Waals surface area contributed by atoms with Gasteiger partial charge in [0.25, 0.3) is 0 Å². The lowest BCUT2D eigenvalue weighted by Crippen LogP contribution is -2.38. The highest BCUT2D eigenvalue weighted by molar-refractivity contribution is 7.81. The van der Waals surface area contributed by atoms with E-state index in [1.165, 1.54) is 0 Å². The molecule has 0 amide bonds. The molecule has 6 nitrogen and oxygen atoms in total. The van der Waals surface area contributed by atoms with Crippen LogP contribution in [0.3, 0.4) is 0 Å². The summed E-state index contributed by atoms with van der Waals surface area (Å²) >= 11 is 7.22. The average molecular weight is 355 g/mol. The highest BCUT2D eigenvalue weighted by atomic mass is 32.1. The first-order chi connectivity index (χ1) is 11.3. The molecule has 0 atom stereocenters. The van der Waals surface area contributed by atoms with Gasteiger partial charge >= 0.3 is 0 Å². The Labute approximate surface area is 146 Å². The summed E-state index contributed by atoms with van der Waals surface area (Å²) < 4.78 is 10.9. The molecule has 2 saturated heterocycles. The third-order valence-corrected chi connectivity index (χ3v) is 5.40. The first kappa shape index (κ1) is 16.6. The van der Waals surface area contributed by atoms with Gasteiger partial charge < -0.3 is 24.6 Å². The minimum absolute atomic E-state index is 0.659. The molecule has 1 aromatic heterocycles. The largest absolute Gasteiger partial charge is 0.378 e. The number of hydrogen-bond acceptors (Lipinski definition) is 7. The Morgan fingerprint density at radius 3 is 2.39 bits per heavy atom. The van der Waals surface area contributed by atoms with Crippen molar-refractivity contribution >= 4 is 39.5 Å². The SMILES string of the molecule is C=CCNC(=S)c1sc(N2CCOCC2)nc1N1CCOCC1. The third kappa shape index (κ3) is 4.00. The van der Waals surface area contributed by atoms with Crippen LogP contribution in [-0.2, 0) is 9.47 Å². The van der Waals surface area contributed by atoms with Gasteiger partial charge in [-0.2, -0.15) is 0 Å². The van der Waals surface area contributed by atoms with E-state index < -0.39 is 0 Å². The number of ether oxygens (including phenoxy) is 2. The molecule has 0 saturated carbocycles. The minimum Gasteiger partial charge on any atom is -0.378 e. The summed E-state index contributed by atoms with van der Waals surface area (Å²) in [5.41, 5.74) is 0. The summed E-state index contributed by atoms with van der Waals surface area (Å²) in [7, 11) is 0. The second-order valence-corrected chi connectivity index (χ2v) is 6.73. The van der Waals surface area contributed by atoms with Crippen molar-refractivity contribution in [3.8, 4) is 0 Å². The number of nitrogens with zero attached hydrogens (tertiary/aromatic N) is 3. The molecule has 1 aromatic rings. The molecular formula is C15H22N4O2S2. The molecule has 1 N–H and O–H groups in total. The Hall–Kier alpha value is -1.22. The zero-order valence-corrected chi connectivity index (χ0v) is 14.8. The number of morpholine rings is 2. The number of thiazole rings is 1. The van der Waals surface area contributed by atoms with Crippen LogP contribution in [0.5, 0.6) is 0 Å². The number of nitrogens with one attached hydrogen (secondary N) is 1. The molecule has 126 valence electrons. The zero-order valence-electron chi connectivity index (χ0n) is 13.1. The van der Waals surface area contributed by atoms with E-state index in [4.69, 9.17) is 26.7 Å². The van der Waals surface area contributed by atoms with Crippen LogP contribution in [0.15, 0.2) is 12.7 Å². The van der Waals surface area contributed by atoms with Crippen molar-refractivity contribution in [2.24, 2.45) is 0 Å². The molecule has 23 heavy (non-hydrogen) atoms. The topological polar surface area (TPSA) is 49.9 Å². The van der Waals surface area contributed by atoms with Crippen LogP contribution in [0.2, 0.25) is 0 Å². The van der Waals surface area contributed by atoms with Gasteiger partial charge in [-0.3, -0.25) is 0 Å². The summed E-state index contributed by atoms with van der Waals surface area (Å²) in [4.78, 5) is 11.2. The lowest BCUT2D eigenvalue weighted by atomic mass is 10.3. The number of hydrogen-bond donors (Lipinski definition) is 1. The van der Waals surface area contributed by atoms with Gasteiger partial charge in [0.1, 0.15) is 9.87 Å². The van der Waals surface area contributed by atoms with Crippen LogP contribution >= 0.6 is 23.6 Å². The lowest BCUT2D eigenvalue weighted by molar-refractivity contribution is 0.122. The Bertz CT molecular complexity index is 552. The maximum Gasteiger partial charge on any atom is 0.188 e. The van der Waals surface area contributed by atoms with E-state index in [2.05, 4.69) is 21.7 Å². The highest BCUT2D eigenvalue weighted by Gasteiger charge is 2.25. The highest BCUT2D eigenvalue weighted by Crippen LogP contribution is 2.33. The fourth-order valence-corrected chi connectivity index (χ4v) is 3.93. The van der Waals surface area contributed by atoms with Crippen LogP contribution in [0, 0.1) is 0 Å². The monoisotopic (exact) mass is 354 g/mol. The Balaban J connectivity index is 1.85. The molecule has 2 fully saturated rings. The van der Waals surface area contributed by atoms with Crippen molar-refractivity contribution in [1.82, 2.24) is 10.3 Å². The molecule has 8 heteroatoms. The minimum atomic E-state index is 0.659. The van der Waals surface area contributed by atoms with Crippen molar-refractivity contribution in [3.05, 3.63) is 17.5 Å². The lowest BCUT2D eigenvalue weighted by Gasteiger charge is -2.28. The number of anilines is 2. The molecule has 0 bridgehead atoms. The Morgan fingerprint density at radius 2 is 1.78 bits per heavy atom. The smallest absolute Gasteiger partial charge is 0.188 e. The van der Waals surface area contributed by atoms with Crippen molar-refractivity contribution < 1.29 is 9.47 Å². The second kappa shape index (κ2) is 8.05. The van der Waals surface area contributed by atoms with E-state index in [-0.39, 0.29) is 0 Å². The Kier molecular flexibility index (Phi) is 5.82. The van der Waals surface area contributed by atoms with Gasteiger partial charge in [-0.1, -0.05) is 29.6 Å². The van der Waals surface area contributed by atoms with Crippen molar-refractivity contribution in [1.29, 1.82) is 0 Å². The van der Waals surface area contributed by atoms with E-state index in [0.29, 0.717) is 6.54 Å². The van der Waals surface area contributed by atoms with Crippen LogP contribution < -0.4 is 15.1 Å². The molecule has 0 aromatic carbocycles. The van der Waals surface area contributed by atoms with E-state index >= 15 is 0 Å². The first-order valence-corrected chi connectivity index (χ1v) is 9.07. The van der Waals surface area contributed by atoms with Crippen LogP contribution in [0.4, 0.5) is 10.9 Å². The second-order valence-electron chi connectivity index (χ2n) is 5.35. The van der Waals surface area contributed by atoms with E-state index in [1.54, 1.807) is 11.3 Å². The Morgan fingerprint density at radius 1 is 1.17 bits per heavy atom. The van der Waals surface area contributed by atoms with Crippen LogP contribution in [-0.4, -0.2) is 69.1 Å². The average Bonchev–Trinajstić information content (AvgIpc) is 3.07. The molecule has 0 spiro atoms. The number of rotatable bonds is 5. The third-order valence-electron chi connectivity index (χ3n) is 3.80. The van der Waals surface area contributed by atoms with Gasteiger partial charge in [0.2, 0.25) is 0 Å². The predicted molar refractivity (Wildman–Crippen MR) is 98.1 cm³/mol. The molecule has 0 aliphatic carbocycles. The standard InChI is InChI=1S/C15H22N4O2S2/c1-2-3-16-14(22)12-13(18-4-8-20-9-5-18)17-15(23-12)19-6-10-21-11-7-19/h2H,1,3-11H2,(H,16,22). The molecule has 3 rings (SSSR count). The summed E-state index contributed by atoms with van der Waals surface area (Å²) in [6, 6.07) is 0. The number of aromatic nitrogens is 1. The maximum absolute atomic E-state index is 5.57. The zero-order chi connectivity index (χ0) is 16.1. The van der Waals surface area contributed by atoms with Gasteiger partial charge in [0.05, 0.1) is 26.4 Å². The van der Waals surface area contributed by atoms with Gasteiger partial charge in [0, 0.05) is 32.7 Å². The summed E-state index contributed by atoms with van der Waals surface area (Å²) in [5.74, 6) is 0.973. The van der Waals surface area contributed by atoms with E-state index in [0.717, 1.165) is 73.4 Å². The maximum atomic E-state index is 5.57. The van der Waals surface area contributed by atoms with Crippen LogP contribution in [0.1, 0.15) is 4.88 Å². The number of thiocarbonyl (C=S) groups is 1. The molecule has 3 heterocycles. The van der Waals surface area contributed by atoms with Gasteiger partial charge in [-0.15, -0.1) is 6.58 Å². The fraction of sp³-hybridized carbons (Fsp3) is 0.600. The molecule has 2 aliphatic heterocycles. The van der Waals surface area contributed by atoms with Crippen molar-refractivity contribution in [2.45, 2.75) is 0 Å². The normalized spacial score (nSPS) is 18.8.